The Kier molecular flexibility index (Phi) is 11.2. The number of urea groups is 1. The SMILES string of the molecule is C=CCNC(=O)C(=O)C(C)NC(=O)[C@@H]1CCCN1C(=O)C(NC(=O)NC)C(C)(C)C.CC1CC1. The van der Waals surface area contributed by atoms with Crippen molar-refractivity contribution in [1.29, 1.82) is 0 Å². The second kappa shape index (κ2) is 13.1. The molecule has 1 saturated carbocycles. The molecule has 2 fully saturated rings. The van der Waals surface area contributed by atoms with Crippen molar-refractivity contribution in [3.63, 3.8) is 0 Å². The summed E-state index contributed by atoms with van der Waals surface area (Å²) in [5, 5.41) is 9.97. The average molecular weight is 480 g/mol. The van der Waals surface area contributed by atoms with Crippen LogP contribution >= 0.6 is 0 Å². The van der Waals surface area contributed by atoms with E-state index in [4.69, 9.17) is 0 Å². The van der Waals surface area contributed by atoms with Crippen molar-refractivity contribution < 1.29 is 24.0 Å². The first-order valence-corrected chi connectivity index (χ1v) is 11.9. The number of hydrogen-bond donors (Lipinski definition) is 4. The highest BCUT2D eigenvalue weighted by molar-refractivity contribution is 6.38. The number of ketones is 1. The van der Waals surface area contributed by atoms with E-state index in [1.165, 1.54) is 37.8 Å². The molecule has 4 N–H and O–H groups in total. The van der Waals surface area contributed by atoms with Crippen molar-refractivity contribution in [3.8, 4) is 0 Å². The maximum atomic E-state index is 13.2. The minimum Gasteiger partial charge on any atom is -0.346 e. The van der Waals surface area contributed by atoms with E-state index >= 15 is 0 Å². The summed E-state index contributed by atoms with van der Waals surface area (Å²) in [6.07, 6.45) is 5.45. The van der Waals surface area contributed by atoms with Crippen LogP contribution in [0.1, 0.15) is 60.3 Å². The fourth-order valence-corrected chi connectivity index (χ4v) is 3.31. The summed E-state index contributed by atoms with van der Waals surface area (Å²) in [5.41, 5.74) is -0.584. The van der Waals surface area contributed by atoms with Gasteiger partial charge in [-0.1, -0.05) is 46.6 Å². The molecule has 0 aromatic rings. The lowest BCUT2D eigenvalue weighted by Gasteiger charge is -2.35. The number of nitrogens with one attached hydrogen (secondary N) is 4. The maximum absolute atomic E-state index is 13.2. The number of carbonyl (C=O) groups is 5. The third kappa shape index (κ3) is 9.15. The van der Waals surface area contributed by atoms with Crippen LogP contribution in [0.5, 0.6) is 0 Å². The van der Waals surface area contributed by atoms with E-state index in [2.05, 4.69) is 34.8 Å². The molecule has 1 aliphatic carbocycles. The van der Waals surface area contributed by atoms with Gasteiger partial charge in [-0.2, -0.15) is 0 Å². The van der Waals surface area contributed by atoms with Crippen LogP contribution in [0, 0.1) is 11.3 Å². The summed E-state index contributed by atoms with van der Waals surface area (Å²) in [6, 6.07) is -3.15. The Labute approximate surface area is 202 Å². The van der Waals surface area contributed by atoms with Gasteiger partial charge in [-0.15, -0.1) is 6.58 Å². The molecule has 5 amide bonds. The zero-order chi connectivity index (χ0) is 26.1. The van der Waals surface area contributed by atoms with Crippen molar-refractivity contribution in [1.82, 2.24) is 26.2 Å². The summed E-state index contributed by atoms with van der Waals surface area (Å²) in [4.78, 5) is 63.1. The molecule has 34 heavy (non-hydrogen) atoms. The largest absolute Gasteiger partial charge is 0.346 e. The summed E-state index contributed by atoms with van der Waals surface area (Å²) in [7, 11) is 1.45. The van der Waals surface area contributed by atoms with Crippen molar-refractivity contribution >= 4 is 29.5 Å². The normalized spacial score (nSPS) is 19.0. The van der Waals surface area contributed by atoms with Gasteiger partial charge in [0.15, 0.2) is 0 Å². The smallest absolute Gasteiger partial charge is 0.315 e. The molecule has 1 heterocycles. The molecule has 2 aliphatic rings. The van der Waals surface area contributed by atoms with Crippen LogP contribution in [-0.4, -0.2) is 72.7 Å². The van der Waals surface area contributed by atoms with E-state index < -0.39 is 47.2 Å². The molecule has 2 unspecified atom stereocenters. The van der Waals surface area contributed by atoms with Crippen LogP contribution in [-0.2, 0) is 19.2 Å². The summed E-state index contributed by atoms with van der Waals surface area (Å²) in [5.74, 6) is -1.39. The first-order chi connectivity index (χ1) is 15.8. The standard InChI is InChI=1S/C20H33N5O5.C4H8/c1-7-10-22-17(28)14(26)12(2)23-16(27)13-9-8-11-25(13)18(29)15(20(3,4)5)24-19(30)21-6;1-4-2-3-4/h7,12-13,15H,1,8-11H2,2-6H3,(H,22,28)(H,23,27)(H2,21,24,30);4H,2-3H2,1H3/t12?,13-,15?;/m0./s1. The summed E-state index contributed by atoms with van der Waals surface area (Å²) < 4.78 is 0. The van der Waals surface area contributed by atoms with Gasteiger partial charge in [-0.05, 0) is 31.1 Å². The first-order valence-electron chi connectivity index (χ1n) is 11.9. The quantitative estimate of drug-likeness (QED) is 0.305. The van der Waals surface area contributed by atoms with Crippen molar-refractivity contribution in [2.75, 3.05) is 20.1 Å². The number of Topliss-reactive ketones (excluding diaryl/α,β-unsaturated/α-hetero) is 1. The fourth-order valence-electron chi connectivity index (χ4n) is 3.31. The molecule has 0 bridgehead atoms. The molecule has 0 radical (unpaired) electrons. The lowest BCUT2D eigenvalue weighted by molar-refractivity contribution is -0.143. The van der Waals surface area contributed by atoms with Crippen LogP contribution in [0.25, 0.3) is 0 Å². The highest BCUT2D eigenvalue weighted by Crippen LogP contribution is 2.27. The third-order valence-corrected chi connectivity index (χ3v) is 5.70. The third-order valence-electron chi connectivity index (χ3n) is 5.70. The predicted octanol–water partition coefficient (Wildman–Crippen LogP) is 1.11. The van der Waals surface area contributed by atoms with Crippen molar-refractivity contribution in [2.45, 2.75) is 78.4 Å². The molecule has 10 nitrogen and oxygen atoms in total. The number of nitrogens with zero attached hydrogens (tertiary/aromatic N) is 1. The summed E-state index contributed by atoms with van der Waals surface area (Å²) in [6.45, 7) is 13.1. The van der Waals surface area contributed by atoms with Gasteiger partial charge in [-0.3, -0.25) is 19.2 Å². The van der Waals surface area contributed by atoms with E-state index in [-0.39, 0.29) is 12.5 Å². The van der Waals surface area contributed by atoms with E-state index in [0.29, 0.717) is 19.4 Å². The number of amides is 5. The molecule has 0 spiro atoms. The molecule has 192 valence electrons. The zero-order valence-corrected chi connectivity index (χ0v) is 21.3. The lowest BCUT2D eigenvalue weighted by Crippen LogP contribution is -2.59. The Balaban J connectivity index is 0.00000130. The van der Waals surface area contributed by atoms with Crippen molar-refractivity contribution in [2.24, 2.45) is 11.3 Å². The fraction of sp³-hybridized carbons (Fsp3) is 0.708. The number of carbonyl (C=O) groups excluding carboxylic acids is 5. The Hall–Kier alpha value is -2.91. The topological polar surface area (TPSA) is 137 Å². The molecular weight excluding hydrogens is 438 g/mol. The number of hydrogen-bond acceptors (Lipinski definition) is 5. The first kappa shape index (κ1) is 29.1. The van der Waals surface area contributed by atoms with Gasteiger partial charge < -0.3 is 26.2 Å². The van der Waals surface area contributed by atoms with Gasteiger partial charge in [0.1, 0.15) is 12.1 Å². The Morgan fingerprint density at radius 3 is 2.15 bits per heavy atom. The van der Waals surface area contributed by atoms with Gasteiger partial charge in [-0.25, -0.2) is 4.79 Å². The molecule has 10 heteroatoms. The second-order valence-corrected chi connectivity index (χ2v) is 9.99. The monoisotopic (exact) mass is 479 g/mol. The lowest BCUT2D eigenvalue weighted by atomic mass is 9.85. The van der Waals surface area contributed by atoms with E-state index in [9.17, 15) is 24.0 Å². The molecule has 3 atom stereocenters. The summed E-state index contributed by atoms with van der Waals surface area (Å²) >= 11 is 0. The van der Waals surface area contributed by atoms with E-state index in [0.717, 1.165) is 5.92 Å². The molecule has 2 rings (SSSR count). The van der Waals surface area contributed by atoms with Gasteiger partial charge in [0.05, 0.1) is 6.04 Å². The molecule has 0 aromatic carbocycles. The Morgan fingerprint density at radius 2 is 1.68 bits per heavy atom. The highest BCUT2D eigenvalue weighted by Gasteiger charge is 2.42. The zero-order valence-electron chi connectivity index (χ0n) is 21.3. The van der Waals surface area contributed by atoms with Gasteiger partial charge in [0.25, 0.3) is 5.91 Å². The predicted molar refractivity (Wildman–Crippen MR) is 130 cm³/mol. The van der Waals surface area contributed by atoms with Gasteiger partial charge in [0, 0.05) is 20.1 Å². The maximum Gasteiger partial charge on any atom is 0.315 e. The van der Waals surface area contributed by atoms with Crippen LogP contribution in [0.2, 0.25) is 0 Å². The molecule has 1 saturated heterocycles. The number of likely N-dealkylation sites (tertiary alicyclic amines) is 1. The average Bonchev–Trinajstić information content (AvgIpc) is 3.39. The Bertz CT molecular complexity index is 772. The van der Waals surface area contributed by atoms with Crippen LogP contribution in [0.4, 0.5) is 4.79 Å². The van der Waals surface area contributed by atoms with Crippen LogP contribution in [0.15, 0.2) is 12.7 Å². The van der Waals surface area contributed by atoms with Crippen LogP contribution < -0.4 is 21.3 Å². The molecular formula is C24H41N5O5. The minimum absolute atomic E-state index is 0.142. The second-order valence-electron chi connectivity index (χ2n) is 9.99. The number of rotatable bonds is 8. The Morgan fingerprint density at radius 1 is 1.09 bits per heavy atom. The van der Waals surface area contributed by atoms with Gasteiger partial charge >= 0.3 is 6.03 Å². The molecule has 0 aromatic heterocycles. The van der Waals surface area contributed by atoms with Crippen molar-refractivity contribution in [3.05, 3.63) is 12.7 Å². The molecule has 1 aliphatic heterocycles. The minimum atomic E-state index is -1.04. The van der Waals surface area contributed by atoms with E-state index in [1.54, 1.807) is 0 Å². The van der Waals surface area contributed by atoms with Gasteiger partial charge in [0.2, 0.25) is 17.6 Å². The van der Waals surface area contributed by atoms with Crippen LogP contribution in [0.3, 0.4) is 0 Å². The highest BCUT2D eigenvalue weighted by atomic mass is 16.2. The van der Waals surface area contributed by atoms with E-state index in [1.807, 2.05) is 20.8 Å².